The molecule has 168 valence electrons. The maximum Gasteiger partial charge on any atom is 0.335 e. The lowest BCUT2D eigenvalue weighted by Crippen LogP contribution is -2.28. The first-order chi connectivity index (χ1) is 16.0. The Morgan fingerprint density at radius 1 is 1.09 bits per heavy atom. The number of carbonyl (C=O) groups is 2. The van der Waals surface area contributed by atoms with E-state index in [0.717, 1.165) is 27.1 Å². The Bertz CT molecular complexity index is 1270. The predicted molar refractivity (Wildman–Crippen MR) is 133 cm³/mol. The third kappa shape index (κ3) is 4.78. The van der Waals surface area contributed by atoms with E-state index in [9.17, 15) is 9.59 Å². The highest BCUT2D eigenvalue weighted by Crippen LogP contribution is 2.37. The number of amidine groups is 1. The van der Waals surface area contributed by atoms with E-state index < -0.39 is 5.97 Å². The van der Waals surface area contributed by atoms with Crippen molar-refractivity contribution in [2.45, 2.75) is 20.5 Å². The second kappa shape index (κ2) is 9.92. The molecular formula is C26H24N2O4S. The van der Waals surface area contributed by atoms with Crippen molar-refractivity contribution in [3.8, 4) is 5.75 Å². The Hall–Kier alpha value is -3.58. The number of hydrogen-bond acceptors (Lipinski definition) is 5. The van der Waals surface area contributed by atoms with Gasteiger partial charge in [-0.1, -0.05) is 42.5 Å². The molecule has 0 aromatic heterocycles. The van der Waals surface area contributed by atoms with Crippen LogP contribution in [0.5, 0.6) is 5.75 Å². The van der Waals surface area contributed by atoms with Crippen LogP contribution in [0.1, 0.15) is 35.3 Å². The summed E-state index contributed by atoms with van der Waals surface area (Å²) in [4.78, 5) is 30.9. The van der Waals surface area contributed by atoms with E-state index in [1.165, 1.54) is 11.8 Å². The number of aromatic carboxylic acids is 1. The van der Waals surface area contributed by atoms with Crippen LogP contribution in [0.2, 0.25) is 0 Å². The molecule has 1 fully saturated rings. The molecular weight excluding hydrogens is 436 g/mol. The zero-order valence-corrected chi connectivity index (χ0v) is 19.3. The molecule has 0 bridgehead atoms. The van der Waals surface area contributed by atoms with E-state index in [-0.39, 0.29) is 18.1 Å². The molecule has 1 saturated heterocycles. The maximum absolute atomic E-state index is 13.0. The molecule has 0 spiro atoms. The minimum Gasteiger partial charge on any atom is -0.488 e. The molecule has 0 aliphatic carbocycles. The summed E-state index contributed by atoms with van der Waals surface area (Å²) in [6, 6.07) is 18.5. The quantitative estimate of drug-likeness (QED) is 0.476. The molecule has 3 aromatic rings. The van der Waals surface area contributed by atoms with Gasteiger partial charge in [-0.3, -0.25) is 14.7 Å². The van der Waals surface area contributed by atoms with Crippen LogP contribution in [0, 0.1) is 0 Å². The molecule has 0 saturated carbocycles. The van der Waals surface area contributed by atoms with Crippen molar-refractivity contribution in [2.75, 3.05) is 13.1 Å². The van der Waals surface area contributed by atoms with E-state index in [0.29, 0.717) is 23.7 Å². The van der Waals surface area contributed by atoms with Gasteiger partial charge in [-0.05, 0) is 66.2 Å². The summed E-state index contributed by atoms with van der Waals surface area (Å²) in [6.07, 6.45) is 1.89. The fourth-order valence-electron chi connectivity index (χ4n) is 3.63. The van der Waals surface area contributed by atoms with Gasteiger partial charge >= 0.3 is 5.97 Å². The number of ether oxygens (including phenoxy) is 1. The van der Waals surface area contributed by atoms with Crippen molar-refractivity contribution in [1.29, 1.82) is 0 Å². The number of amides is 1. The second-order valence-electron chi connectivity index (χ2n) is 7.41. The van der Waals surface area contributed by atoms with E-state index in [1.54, 1.807) is 29.2 Å². The van der Waals surface area contributed by atoms with Crippen molar-refractivity contribution in [2.24, 2.45) is 4.99 Å². The van der Waals surface area contributed by atoms with Gasteiger partial charge in [-0.2, -0.15) is 0 Å². The number of benzene rings is 3. The molecule has 0 unspecified atom stereocenters. The molecule has 0 radical (unpaired) electrons. The van der Waals surface area contributed by atoms with Crippen LogP contribution in [0.3, 0.4) is 0 Å². The number of hydrogen-bond donors (Lipinski definition) is 1. The summed E-state index contributed by atoms with van der Waals surface area (Å²) in [5.41, 5.74) is 1.92. The number of aliphatic imine (C=N–C) groups is 1. The van der Waals surface area contributed by atoms with Crippen molar-refractivity contribution < 1.29 is 19.4 Å². The van der Waals surface area contributed by atoms with E-state index in [1.807, 2.05) is 56.3 Å². The van der Waals surface area contributed by atoms with Crippen LogP contribution >= 0.6 is 11.8 Å². The highest BCUT2D eigenvalue weighted by Gasteiger charge is 2.32. The summed E-state index contributed by atoms with van der Waals surface area (Å²) in [7, 11) is 0. The molecule has 7 heteroatoms. The van der Waals surface area contributed by atoms with Gasteiger partial charge < -0.3 is 9.84 Å². The third-order valence-corrected chi connectivity index (χ3v) is 6.34. The Balaban J connectivity index is 1.70. The first kappa shape index (κ1) is 22.6. The smallest absolute Gasteiger partial charge is 0.335 e. The first-order valence-corrected chi connectivity index (χ1v) is 11.6. The molecule has 1 N–H and O–H groups in total. The Morgan fingerprint density at radius 3 is 2.55 bits per heavy atom. The number of carboxylic acids is 1. The first-order valence-electron chi connectivity index (χ1n) is 10.7. The summed E-state index contributed by atoms with van der Waals surface area (Å²) in [5.74, 6) is -0.365. The SMILES string of the molecule is CCN=C1S/C(=C/c2c(OCc3ccc(C(=O)O)cc3)ccc3ccccc23)C(=O)N1CC. The van der Waals surface area contributed by atoms with Crippen LogP contribution < -0.4 is 4.74 Å². The van der Waals surface area contributed by atoms with Crippen molar-refractivity contribution >= 4 is 45.7 Å². The molecule has 1 amide bonds. The fourth-order valence-corrected chi connectivity index (χ4v) is 4.71. The highest BCUT2D eigenvalue weighted by molar-refractivity contribution is 8.18. The van der Waals surface area contributed by atoms with Crippen LogP contribution in [-0.4, -0.2) is 40.1 Å². The number of carbonyl (C=O) groups excluding carboxylic acids is 1. The summed E-state index contributed by atoms with van der Waals surface area (Å²) < 4.78 is 6.15. The fraction of sp³-hybridized carbons (Fsp3) is 0.192. The van der Waals surface area contributed by atoms with E-state index >= 15 is 0 Å². The number of thioether (sulfide) groups is 1. The van der Waals surface area contributed by atoms with Gasteiger partial charge in [0.25, 0.3) is 5.91 Å². The number of likely N-dealkylation sites (N-methyl/N-ethyl adjacent to an activating group) is 1. The second-order valence-corrected chi connectivity index (χ2v) is 8.42. The molecule has 1 heterocycles. The lowest BCUT2D eigenvalue weighted by Gasteiger charge is -2.13. The summed E-state index contributed by atoms with van der Waals surface area (Å²) in [6.45, 7) is 5.34. The van der Waals surface area contributed by atoms with Gasteiger partial charge in [0.15, 0.2) is 5.17 Å². The van der Waals surface area contributed by atoms with Gasteiger partial charge in [0.2, 0.25) is 0 Å². The monoisotopic (exact) mass is 460 g/mol. The summed E-state index contributed by atoms with van der Waals surface area (Å²) >= 11 is 1.38. The lowest BCUT2D eigenvalue weighted by molar-refractivity contribution is -0.122. The maximum atomic E-state index is 13.0. The number of fused-ring (bicyclic) bond motifs is 1. The number of rotatable bonds is 7. The van der Waals surface area contributed by atoms with E-state index in [2.05, 4.69) is 4.99 Å². The summed E-state index contributed by atoms with van der Waals surface area (Å²) in [5, 5.41) is 11.8. The topological polar surface area (TPSA) is 79.2 Å². The largest absolute Gasteiger partial charge is 0.488 e. The van der Waals surface area contributed by atoms with Crippen molar-refractivity contribution in [1.82, 2.24) is 4.90 Å². The predicted octanol–water partition coefficient (Wildman–Crippen LogP) is 5.43. The van der Waals surface area contributed by atoms with Crippen molar-refractivity contribution in [3.63, 3.8) is 0 Å². The minimum atomic E-state index is -0.961. The van der Waals surface area contributed by atoms with Crippen LogP contribution in [-0.2, 0) is 11.4 Å². The molecule has 4 rings (SSSR count). The standard InChI is InChI=1S/C26H24N2O4S/c1-3-27-26-28(4-2)24(29)23(33-26)15-21-20-8-6-5-7-18(20)13-14-22(21)32-16-17-9-11-19(12-10-17)25(30)31/h5-15H,3-4,16H2,1-2H3,(H,30,31)/b23-15+,27-26?. The van der Waals surface area contributed by atoms with Crippen molar-refractivity contribution in [3.05, 3.63) is 82.3 Å². The average molecular weight is 461 g/mol. The average Bonchev–Trinajstić information content (AvgIpc) is 3.12. The highest BCUT2D eigenvalue weighted by atomic mass is 32.2. The third-order valence-electron chi connectivity index (χ3n) is 5.30. The molecule has 33 heavy (non-hydrogen) atoms. The van der Waals surface area contributed by atoms with Crippen LogP contribution in [0.15, 0.2) is 70.6 Å². The van der Waals surface area contributed by atoms with Crippen LogP contribution in [0.4, 0.5) is 0 Å². The molecule has 1 aliphatic heterocycles. The minimum absolute atomic E-state index is 0.0576. The van der Waals surface area contributed by atoms with Gasteiger partial charge in [0.1, 0.15) is 12.4 Å². The molecule has 6 nitrogen and oxygen atoms in total. The van der Waals surface area contributed by atoms with Gasteiger partial charge in [-0.25, -0.2) is 4.79 Å². The number of nitrogens with zero attached hydrogens (tertiary/aromatic N) is 2. The Labute approximate surface area is 196 Å². The van der Waals surface area contributed by atoms with Gasteiger partial charge in [-0.15, -0.1) is 0 Å². The Kier molecular flexibility index (Phi) is 6.79. The Morgan fingerprint density at radius 2 is 1.85 bits per heavy atom. The lowest BCUT2D eigenvalue weighted by atomic mass is 10.0. The normalized spacial score (nSPS) is 16.2. The molecule has 1 aliphatic rings. The number of carboxylic acid groups (broad SMARTS) is 1. The molecule has 3 aromatic carbocycles. The molecule has 0 atom stereocenters. The van der Waals surface area contributed by atoms with Gasteiger partial charge in [0, 0.05) is 18.7 Å². The van der Waals surface area contributed by atoms with E-state index in [4.69, 9.17) is 9.84 Å². The zero-order valence-electron chi connectivity index (χ0n) is 18.4. The van der Waals surface area contributed by atoms with Crippen LogP contribution in [0.25, 0.3) is 16.8 Å². The van der Waals surface area contributed by atoms with Gasteiger partial charge in [0.05, 0.1) is 10.5 Å². The zero-order chi connectivity index (χ0) is 23.4.